The minimum absolute atomic E-state index is 0.0814. The molecule has 14 heteroatoms. The van der Waals surface area contributed by atoms with Crippen LogP contribution in [0.2, 0.25) is 0 Å². The van der Waals surface area contributed by atoms with Crippen molar-refractivity contribution in [1.29, 1.82) is 5.26 Å². The molecule has 0 aromatic carbocycles. The van der Waals surface area contributed by atoms with Crippen LogP contribution in [-0.4, -0.2) is 68.6 Å². The number of ether oxygens (including phenoxy) is 2. The molecule has 6 heterocycles. The number of likely N-dealkylation sites (tertiary alicyclic amines) is 1. The molecule has 45 heavy (non-hydrogen) atoms. The van der Waals surface area contributed by atoms with Gasteiger partial charge >= 0.3 is 12.2 Å². The van der Waals surface area contributed by atoms with Crippen molar-refractivity contribution >= 4 is 22.8 Å². The minimum atomic E-state index is -4.72. The van der Waals surface area contributed by atoms with E-state index in [1.165, 1.54) is 11.1 Å². The topological polar surface area (TPSA) is 132 Å². The minimum Gasteiger partial charge on any atom is -0.474 e. The number of anilines is 1. The van der Waals surface area contributed by atoms with Gasteiger partial charge in [-0.05, 0) is 56.1 Å². The lowest BCUT2D eigenvalue weighted by Crippen LogP contribution is -2.41. The Bertz CT molecular complexity index is 1760. The van der Waals surface area contributed by atoms with Gasteiger partial charge < -0.3 is 29.6 Å². The van der Waals surface area contributed by atoms with Crippen molar-refractivity contribution in [3.05, 3.63) is 65.4 Å². The number of H-pyrrole nitrogens is 1. The molecule has 2 amide bonds. The van der Waals surface area contributed by atoms with Gasteiger partial charge in [0.25, 0.3) is 0 Å². The number of nitrogens with one attached hydrogen (secondary N) is 2. The highest BCUT2D eigenvalue weighted by molar-refractivity contribution is 5.89. The molecule has 0 unspecified atom stereocenters. The van der Waals surface area contributed by atoms with Crippen molar-refractivity contribution < 1.29 is 27.4 Å². The zero-order valence-electron chi connectivity index (χ0n) is 24.7. The number of alkyl halides is 3. The average molecular weight is 621 g/mol. The number of hydrogen-bond acceptors (Lipinski definition) is 8. The lowest BCUT2D eigenvalue weighted by Gasteiger charge is -2.33. The fourth-order valence-electron chi connectivity index (χ4n) is 5.71. The largest absolute Gasteiger partial charge is 0.474 e. The number of halogens is 3. The van der Waals surface area contributed by atoms with Crippen LogP contribution in [0.25, 0.3) is 11.0 Å². The van der Waals surface area contributed by atoms with E-state index in [1.54, 1.807) is 30.6 Å². The zero-order valence-corrected chi connectivity index (χ0v) is 24.7. The van der Waals surface area contributed by atoms with Crippen LogP contribution in [0.3, 0.4) is 0 Å². The fourth-order valence-corrected chi connectivity index (χ4v) is 5.71. The molecular formula is C31H31F3N8O3. The number of carbonyl (C=O) groups excluding carboxylic acids is 1. The zero-order chi connectivity index (χ0) is 31.7. The molecule has 0 saturated carbocycles. The molecular weight excluding hydrogens is 589 g/mol. The van der Waals surface area contributed by atoms with E-state index >= 15 is 0 Å². The highest BCUT2D eigenvalue weighted by atomic mass is 19.4. The molecule has 0 bridgehead atoms. The molecule has 4 aromatic rings. The van der Waals surface area contributed by atoms with Crippen molar-refractivity contribution in [2.45, 2.75) is 50.9 Å². The molecule has 234 valence electrons. The molecule has 1 fully saturated rings. The van der Waals surface area contributed by atoms with Crippen LogP contribution in [0.5, 0.6) is 17.4 Å². The number of carbonyl (C=O) groups is 1. The van der Waals surface area contributed by atoms with E-state index < -0.39 is 23.7 Å². The predicted molar refractivity (Wildman–Crippen MR) is 158 cm³/mol. The van der Waals surface area contributed by atoms with E-state index in [9.17, 15) is 23.2 Å². The summed E-state index contributed by atoms with van der Waals surface area (Å²) in [5, 5.41) is 12.5. The van der Waals surface area contributed by atoms with Crippen LogP contribution < -0.4 is 14.8 Å². The molecule has 4 aromatic heterocycles. The second-order valence-electron chi connectivity index (χ2n) is 11.3. The van der Waals surface area contributed by atoms with E-state index in [1.807, 2.05) is 20.0 Å². The number of amides is 2. The van der Waals surface area contributed by atoms with E-state index in [0.717, 1.165) is 30.4 Å². The highest BCUT2D eigenvalue weighted by Gasteiger charge is 2.37. The van der Waals surface area contributed by atoms with Crippen LogP contribution in [0.4, 0.5) is 23.7 Å². The van der Waals surface area contributed by atoms with E-state index in [-0.39, 0.29) is 24.3 Å². The summed E-state index contributed by atoms with van der Waals surface area (Å²) in [6.07, 6.45) is 1.18. The van der Waals surface area contributed by atoms with E-state index in [2.05, 4.69) is 30.2 Å². The lowest BCUT2D eigenvalue weighted by atomic mass is 9.92. The van der Waals surface area contributed by atoms with Gasteiger partial charge in [-0.15, -0.1) is 0 Å². The second-order valence-corrected chi connectivity index (χ2v) is 11.3. The van der Waals surface area contributed by atoms with E-state index in [0.29, 0.717) is 54.0 Å². The highest BCUT2D eigenvalue weighted by Crippen LogP contribution is 2.38. The molecule has 0 aliphatic carbocycles. The Morgan fingerprint density at radius 1 is 1.18 bits per heavy atom. The maximum atomic E-state index is 14.0. The van der Waals surface area contributed by atoms with Crippen LogP contribution in [-0.2, 0) is 12.7 Å². The van der Waals surface area contributed by atoms with Gasteiger partial charge in [-0.1, -0.05) is 6.92 Å². The number of rotatable bonds is 6. The number of piperidine rings is 1. The monoisotopic (exact) mass is 620 g/mol. The number of aromatic amines is 1. The van der Waals surface area contributed by atoms with Gasteiger partial charge in [0, 0.05) is 38.3 Å². The first-order valence-electron chi connectivity index (χ1n) is 14.6. The molecule has 0 spiro atoms. The predicted octanol–water partition coefficient (Wildman–Crippen LogP) is 6.05. The molecule has 2 N–H and O–H groups in total. The number of nitriles is 1. The van der Waals surface area contributed by atoms with Crippen molar-refractivity contribution in [3.63, 3.8) is 0 Å². The molecule has 2 aliphatic rings. The van der Waals surface area contributed by atoms with Crippen LogP contribution in [0, 0.1) is 11.3 Å². The molecule has 6 rings (SSSR count). The first-order valence-corrected chi connectivity index (χ1v) is 14.6. The number of aromatic nitrogens is 4. The maximum absolute atomic E-state index is 14.0. The van der Waals surface area contributed by atoms with E-state index in [4.69, 9.17) is 9.47 Å². The number of hydrogen-bond donors (Lipinski definition) is 2. The summed E-state index contributed by atoms with van der Waals surface area (Å²) in [6.45, 7) is 3.95. The Labute approximate surface area is 257 Å². The van der Waals surface area contributed by atoms with Crippen LogP contribution in [0.1, 0.15) is 54.6 Å². The molecule has 2 aliphatic heterocycles. The first kappa shape index (κ1) is 30.1. The number of urea groups is 1. The fraction of sp³-hybridized carbons (Fsp3) is 0.387. The summed E-state index contributed by atoms with van der Waals surface area (Å²) < 4.78 is 53.8. The summed E-state index contributed by atoms with van der Waals surface area (Å²) >= 11 is 0. The maximum Gasteiger partial charge on any atom is 0.421 e. The van der Waals surface area contributed by atoms with Gasteiger partial charge in [-0.3, -0.25) is 4.98 Å². The molecule has 1 saturated heterocycles. The number of pyridine rings is 3. The Morgan fingerprint density at radius 3 is 2.71 bits per heavy atom. The van der Waals surface area contributed by atoms with Crippen molar-refractivity contribution in [3.8, 4) is 23.4 Å². The Morgan fingerprint density at radius 2 is 1.98 bits per heavy atom. The Hall–Kier alpha value is -4.90. The average Bonchev–Trinajstić information content (AvgIpc) is 3.46. The summed E-state index contributed by atoms with van der Waals surface area (Å²) in [4.78, 5) is 32.7. The molecule has 0 radical (unpaired) electrons. The van der Waals surface area contributed by atoms with Gasteiger partial charge in [-0.25, -0.2) is 14.8 Å². The summed E-state index contributed by atoms with van der Waals surface area (Å²) in [5.74, 6) is 0.338. The lowest BCUT2D eigenvalue weighted by molar-refractivity contribution is -0.139. The smallest absolute Gasteiger partial charge is 0.421 e. The normalized spacial score (nSPS) is 17.5. The second kappa shape index (κ2) is 12.2. The number of nitrogens with zero attached hydrogens (tertiary/aromatic N) is 6. The third kappa shape index (κ3) is 6.48. The molecule has 1 atom stereocenters. The van der Waals surface area contributed by atoms with Crippen molar-refractivity contribution in [2.75, 3.05) is 32.0 Å². The van der Waals surface area contributed by atoms with Crippen LogP contribution >= 0.6 is 0 Å². The molecule has 11 nitrogen and oxygen atoms in total. The Kier molecular flexibility index (Phi) is 8.20. The first-order chi connectivity index (χ1) is 21.6. The van der Waals surface area contributed by atoms with Gasteiger partial charge in [0.15, 0.2) is 0 Å². The van der Waals surface area contributed by atoms with Gasteiger partial charge in [0.2, 0.25) is 5.88 Å². The summed E-state index contributed by atoms with van der Waals surface area (Å²) in [6, 6.07) is 7.48. The Balaban J connectivity index is 1.19. The van der Waals surface area contributed by atoms with Crippen LogP contribution in [0.15, 0.2) is 42.9 Å². The van der Waals surface area contributed by atoms with Crippen molar-refractivity contribution in [1.82, 2.24) is 29.7 Å². The summed E-state index contributed by atoms with van der Waals surface area (Å²) in [7, 11) is 1.95. The quantitative estimate of drug-likeness (QED) is 0.266. The van der Waals surface area contributed by atoms with Crippen molar-refractivity contribution in [2.24, 2.45) is 0 Å². The summed E-state index contributed by atoms with van der Waals surface area (Å²) in [5.41, 5.74) is 1.33. The third-order valence-electron chi connectivity index (χ3n) is 8.14. The van der Waals surface area contributed by atoms with Gasteiger partial charge in [0.1, 0.15) is 40.6 Å². The van der Waals surface area contributed by atoms with Gasteiger partial charge in [0.05, 0.1) is 29.2 Å². The third-order valence-corrected chi connectivity index (χ3v) is 8.14. The standard InChI is InChI=1S/C31H31F3N8O3/c1-3-18-16-42(17-19-10-23(15-37-27(18)19)44-26-4-7-36-28-24(26)11-20(13-35)39-28)30(43)40-21-12-25(31(32,33)34)29(38-14-21)45-22-5-8-41(2)9-6-22/h4,7,10-12,14-15,18,22H,3,5-6,8-9,16-17H2,1-2H3,(H,36,39)(H,40,43)/t18-/m0/s1. The number of fused-ring (bicyclic) bond motifs is 2. The van der Waals surface area contributed by atoms with Gasteiger partial charge in [-0.2, -0.15) is 18.4 Å². The SMILES string of the molecule is CC[C@H]1CN(C(=O)Nc2cnc(OC3CCN(C)CC3)c(C(F)(F)F)c2)Cc2cc(Oc3ccnc4[nH]c(C#N)cc34)cnc21.